The lowest BCUT2D eigenvalue weighted by atomic mass is 9.59. The Bertz CT molecular complexity index is 364. The van der Waals surface area contributed by atoms with Crippen LogP contribution in [0, 0.1) is 17.3 Å². The van der Waals surface area contributed by atoms with Crippen LogP contribution in [0.15, 0.2) is 0 Å². The first-order chi connectivity index (χ1) is 9.83. The third-order valence-corrected chi connectivity index (χ3v) is 6.41. The molecule has 1 aliphatic heterocycles. The second kappa shape index (κ2) is 5.53. The van der Waals surface area contributed by atoms with Gasteiger partial charge in [0, 0.05) is 6.61 Å². The second-order valence-electron chi connectivity index (χ2n) is 9.24. The summed E-state index contributed by atoms with van der Waals surface area (Å²) in [5.41, 5.74) is -0.0540. The zero-order chi connectivity index (χ0) is 15.1. The molecule has 0 radical (unpaired) electrons. The van der Waals surface area contributed by atoms with Gasteiger partial charge in [-0.15, -0.1) is 0 Å². The molecule has 122 valence electrons. The number of rotatable bonds is 1. The smallest absolute Gasteiger partial charge is 0.0686 e. The van der Waals surface area contributed by atoms with Crippen molar-refractivity contribution in [2.24, 2.45) is 17.3 Å². The third-order valence-electron chi connectivity index (χ3n) is 6.41. The van der Waals surface area contributed by atoms with Crippen LogP contribution in [0.2, 0.25) is 0 Å². The van der Waals surface area contributed by atoms with Crippen molar-refractivity contribution in [1.29, 1.82) is 0 Å². The van der Waals surface area contributed by atoms with Crippen LogP contribution in [0.5, 0.6) is 0 Å². The first kappa shape index (κ1) is 15.8. The van der Waals surface area contributed by atoms with Crippen molar-refractivity contribution in [2.45, 2.75) is 96.2 Å². The van der Waals surface area contributed by atoms with E-state index in [0.29, 0.717) is 11.8 Å². The van der Waals surface area contributed by atoms with Crippen molar-refractivity contribution < 1.29 is 9.84 Å². The molecule has 0 aromatic rings. The molecule has 3 atom stereocenters. The Kier molecular flexibility index (Phi) is 4.16. The summed E-state index contributed by atoms with van der Waals surface area (Å²) in [6.07, 6.45) is 11.8. The number of hydrogen-bond donors (Lipinski definition) is 1. The topological polar surface area (TPSA) is 29.5 Å². The Morgan fingerprint density at radius 3 is 2.38 bits per heavy atom. The Hall–Kier alpha value is -0.0800. The van der Waals surface area contributed by atoms with E-state index < -0.39 is 5.60 Å². The molecule has 2 aliphatic carbocycles. The van der Waals surface area contributed by atoms with Crippen LogP contribution < -0.4 is 0 Å². The fourth-order valence-corrected chi connectivity index (χ4v) is 5.93. The first-order valence-corrected chi connectivity index (χ1v) is 9.19. The van der Waals surface area contributed by atoms with Crippen LogP contribution in [-0.2, 0) is 4.74 Å². The minimum atomic E-state index is -0.449. The van der Waals surface area contributed by atoms with E-state index in [-0.39, 0.29) is 11.0 Å². The molecule has 2 heteroatoms. The van der Waals surface area contributed by atoms with E-state index in [2.05, 4.69) is 20.8 Å². The number of hydrogen-bond acceptors (Lipinski definition) is 2. The summed E-state index contributed by atoms with van der Waals surface area (Å²) in [5, 5.41) is 11.5. The average Bonchev–Trinajstić information content (AvgIpc) is 2.37. The number of aliphatic hydroxyl groups is 1. The van der Waals surface area contributed by atoms with Crippen molar-refractivity contribution in [3.63, 3.8) is 0 Å². The van der Waals surface area contributed by atoms with Crippen LogP contribution >= 0.6 is 0 Å². The molecule has 3 fully saturated rings. The average molecular weight is 294 g/mol. The fourth-order valence-electron chi connectivity index (χ4n) is 5.93. The molecule has 0 amide bonds. The van der Waals surface area contributed by atoms with Gasteiger partial charge in [-0.3, -0.25) is 0 Å². The molecule has 2 saturated carbocycles. The van der Waals surface area contributed by atoms with Gasteiger partial charge in [-0.25, -0.2) is 0 Å². The lowest BCUT2D eigenvalue weighted by Gasteiger charge is -2.53. The first-order valence-electron chi connectivity index (χ1n) is 9.19. The normalized spacial score (nSPS) is 42.9. The molecule has 21 heavy (non-hydrogen) atoms. The van der Waals surface area contributed by atoms with Gasteiger partial charge in [0.2, 0.25) is 0 Å². The molecule has 1 spiro atoms. The van der Waals surface area contributed by atoms with Gasteiger partial charge in [-0.1, -0.05) is 40.0 Å². The molecule has 3 rings (SSSR count). The van der Waals surface area contributed by atoms with E-state index in [1.165, 1.54) is 38.5 Å². The maximum absolute atomic E-state index is 11.5. The van der Waals surface area contributed by atoms with Gasteiger partial charge in [0.1, 0.15) is 0 Å². The van der Waals surface area contributed by atoms with Crippen molar-refractivity contribution in [3.8, 4) is 0 Å². The molecule has 1 N–H and O–H groups in total. The van der Waals surface area contributed by atoms with Crippen molar-refractivity contribution in [3.05, 3.63) is 0 Å². The summed E-state index contributed by atoms with van der Waals surface area (Å²) < 4.78 is 6.24. The maximum atomic E-state index is 11.5. The van der Waals surface area contributed by atoms with Gasteiger partial charge in [0.25, 0.3) is 0 Å². The Morgan fingerprint density at radius 2 is 1.71 bits per heavy atom. The predicted molar refractivity (Wildman–Crippen MR) is 86.2 cm³/mol. The summed E-state index contributed by atoms with van der Waals surface area (Å²) in [5.74, 6) is 1.09. The summed E-state index contributed by atoms with van der Waals surface area (Å²) >= 11 is 0. The summed E-state index contributed by atoms with van der Waals surface area (Å²) in [6.45, 7) is 7.86. The molecule has 0 aromatic heterocycles. The lowest BCUT2D eigenvalue weighted by Crippen LogP contribution is -2.53. The molecule has 0 bridgehead atoms. The summed E-state index contributed by atoms with van der Waals surface area (Å²) in [6, 6.07) is 0. The maximum Gasteiger partial charge on any atom is 0.0686 e. The Morgan fingerprint density at radius 1 is 1.00 bits per heavy atom. The zero-order valence-electron chi connectivity index (χ0n) is 14.3. The summed E-state index contributed by atoms with van der Waals surface area (Å²) in [4.78, 5) is 0. The second-order valence-corrected chi connectivity index (χ2v) is 9.24. The van der Waals surface area contributed by atoms with Crippen LogP contribution in [0.3, 0.4) is 0 Å². The lowest BCUT2D eigenvalue weighted by molar-refractivity contribution is -0.177. The van der Waals surface area contributed by atoms with Crippen molar-refractivity contribution >= 4 is 0 Å². The third kappa shape index (κ3) is 3.32. The van der Waals surface area contributed by atoms with Crippen molar-refractivity contribution in [2.75, 3.05) is 6.61 Å². The highest BCUT2D eigenvalue weighted by atomic mass is 16.5. The Balaban J connectivity index is 1.75. The highest BCUT2D eigenvalue weighted by Crippen LogP contribution is 2.52. The monoisotopic (exact) mass is 294 g/mol. The minimum absolute atomic E-state index is 0.113. The standard InChI is InChI=1S/C19H34O2/c1-15-11-17(2,3)14-19(20,12-15)16-7-10-21-18(13-16)8-5-4-6-9-18/h15-16,20H,4-14H2,1-3H3. The highest BCUT2D eigenvalue weighted by molar-refractivity contribution is 5.01. The van der Waals surface area contributed by atoms with E-state index in [9.17, 15) is 5.11 Å². The number of ether oxygens (including phenoxy) is 1. The van der Waals surface area contributed by atoms with Gasteiger partial charge in [0.05, 0.1) is 11.2 Å². The SMILES string of the molecule is CC1CC(C)(C)CC(O)(C2CCOC3(CCCCC3)C2)C1. The van der Waals surface area contributed by atoms with Gasteiger partial charge in [-0.05, 0) is 62.2 Å². The molecule has 1 saturated heterocycles. The van der Waals surface area contributed by atoms with Gasteiger partial charge < -0.3 is 9.84 Å². The van der Waals surface area contributed by atoms with E-state index >= 15 is 0 Å². The molecule has 3 aliphatic rings. The van der Waals surface area contributed by atoms with Crippen LogP contribution in [0.25, 0.3) is 0 Å². The van der Waals surface area contributed by atoms with Gasteiger partial charge >= 0.3 is 0 Å². The van der Waals surface area contributed by atoms with Gasteiger partial charge in [-0.2, -0.15) is 0 Å². The largest absolute Gasteiger partial charge is 0.390 e. The molecule has 1 heterocycles. The quantitative estimate of drug-likeness (QED) is 0.760. The zero-order valence-corrected chi connectivity index (χ0v) is 14.3. The molecule has 2 nitrogen and oxygen atoms in total. The van der Waals surface area contributed by atoms with Crippen LogP contribution in [0.1, 0.15) is 85.0 Å². The Labute approximate surface area is 130 Å². The van der Waals surface area contributed by atoms with E-state index in [4.69, 9.17) is 4.74 Å². The molecule has 0 aromatic carbocycles. The molecule has 3 unspecified atom stereocenters. The minimum Gasteiger partial charge on any atom is -0.390 e. The summed E-state index contributed by atoms with van der Waals surface area (Å²) in [7, 11) is 0. The molecular weight excluding hydrogens is 260 g/mol. The van der Waals surface area contributed by atoms with Crippen molar-refractivity contribution in [1.82, 2.24) is 0 Å². The van der Waals surface area contributed by atoms with Crippen LogP contribution in [-0.4, -0.2) is 22.9 Å². The van der Waals surface area contributed by atoms with E-state index in [1.807, 2.05) is 0 Å². The predicted octanol–water partition coefficient (Wildman–Crippen LogP) is 4.69. The molecular formula is C19H34O2. The van der Waals surface area contributed by atoms with Crippen LogP contribution in [0.4, 0.5) is 0 Å². The highest BCUT2D eigenvalue weighted by Gasteiger charge is 2.50. The van der Waals surface area contributed by atoms with E-state index in [0.717, 1.165) is 32.3 Å². The fraction of sp³-hybridized carbons (Fsp3) is 1.00. The van der Waals surface area contributed by atoms with Gasteiger partial charge in [0.15, 0.2) is 0 Å². The van der Waals surface area contributed by atoms with E-state index in [1.54, 1.807) is 0 Å².